The van der Waals surface area contributed by atoms with Gasteiger partial charge in [-0.3, -0.25) is 5.43 Å². The monoisotopic (exact) mass is 412 g/mol. The molecule has 1 N–H and O–H groups in total. The van der Waals surface area contributed by atoms with E-state index in [9.17, 15) is 8.42 Å². The summed E-state index contributed by atoms with van der Waals surface area (Å²) in [5.41, 5.74) is 5.60. The van der Waals surface area contributed by atoms with E-state index in [0.717, 1.165) is 16.8 Å². The minimum absolute atomic E-state index is 0.254. The molecule has 2 aromatic carbocycles. The Balaban J connectivity index is 1.62. The van der Waals surface area contributed by atoms with Crippen molar-refractivity contribution in [3.63, 3.8) is 0 Å². The summed E-state index contributed by atoms with van der Waals surface area (Å²) in [5, 5.41) is 6.68. The van der Waals surface area contributed by atoms with E-state index in [0.29, 0.717) is 5.13 Å². The van der Waals surface area contributed by atoms with Crippen LogP contribution in [0.5, 0.6) is 0 Å². The van der Waals surface area contributed by atoms with Crippen LogP contribution in [0.1, 0.15) is 5.56 Å². The lowest BCUT2D eigenvalue weighted by Gasteiger charge is -2.11. The fourth-order valence-electron chi connectivity index (χ4n) is 2.32. The molecule has 144 valence electrons. The molecule has 0 fully saturated rings. The van der Waals surface area contributed by atoms with Gasteiger partial charge in [-0.2, -0.15) is 5.10 Å². The molecule has 1 aromatic heterocycles. The number of hydrogen-bond donors (Lipinski definition) is 1. The minimum atomic E-state index is -3.43. The predicted octanol–water partition coefficient (Wildman–Crippen LogP) is 4.17. The van der Waals surface area contributed by atoms with E-state index in [4.69, 9.17) is 0 Å². The molecule has 8 heteroatoms. The summed E-state index contributed by atoms with van der Waals surface area (Å²) in [7, 11) is -0.408. The average Bonchev–Trinajstić information content (AvgIpc) is 3.17. The van der Waals surface area contributed by atoms with Gasteiger partial charge in [0.1, 0.15) is 0 Å². The normalized spacial score (nSPS) is 12.2. The Morgan fingerprint density at radius 2 is 1.79 bits per heavy atom. The number of aromatic nitrogens is 1. The molecule has 0 unspecified atom stereocenters. The molecule has 0 aliphatic carbocycles. The third-order valence-electron chi connectivity index (χ3n) is 3.84. The first kappa shape index (κ1) is 19.9. The quantitative estimate of drug-likeness (QED) is 0.467. The number of hydrogen-bond acceptors (Lipinski definition) is 6. The van der Waals surface area contributed by atoms with Crippen LogP contribution >= 0.6 is 11.3 Å². The molecule has 3 aromatic rings. The molecule has 1 heterocycles. The molecule has 0 radical (unpaired) electrons. The van der Waals surface area contributed by atoms with Crippen molar-refractivity contribution in [2.24, 2.45) is 5.10 Å². The van der Waals surface area contributed by atoms with Crippen molar-refractivity contribution in [3.8, 4) is 11.3 Å². The van der Waals surface area contributed by atoms with E-state index >= 15 is 0 Å². The molecule has 3 rings (SSSR count). The Hall–Kier alpha value is -2.81. The van der Waals surface area contributed by atoms with Gasteiger partial charge in [0.15, 0.2) is 0 Å². The van der Waals surface area contributed by atoms with Gasteiger partial charge in [-0.25, -0.2) is 17.7 Å². The third kappa shape index (κ3) is 4.92. The zero-order chi connectivity index (χ0) is 20.0. The predicted molar refractivity (Wildman–Crippen MR) is 116 cm³/mol. The van der Waals surface area contributed by atoms with Crippen LogP contribution in [0.2, 0.25) is 0 Å². The molecular weight excluding hydrogens is 392 g/mol. The highest BCUT2D eigenvalue weighted by Crippen LogP contribution is 2.26. The molecule has 0 spiro atoms. The van der Waals surface area contributed by atoms with E-state index in [1.807, 2.05) is 47.9 Å². The Morgan fingerprint density at radius 1 is 1.07 bits per heavy atom. The van der Waals surface area contributed by atoms with Gasteiger partial charge in [-0.1, -0.05) is 48.5 Å². The van der Waals surface area contributed by atoms with E-state index in [1.54, 1.807) is 30.5 Å². The van der Waals surface area contributed by atoms with Crippen molar-refractivity contribution < 1.29 is 8.42 Å². The van der Waals surface area contributed by atoms with Crippen molar-refractivity contribution in [1.82, 2.24) is 9.29 Å². The lowest BCUT2D eigenvalue weighted by Crippen LogP contribution is -2.22. The number of allylic oxidation sites excluding steroid dienone is 1. The van der Waals surface area contributed by atoms with Gasteiger partial charge < -0.3 is 0 Å². The summed E-state index contributed by atoms with van der Waals surface area (Å²) in [6.07, 6.45) is 5.47. The first-order chi connectivity index (χ1) is 13.5. The summed E-state index contributed by atoms with van der Waals surface area (Å²) in [6, 6.07) is 16.6. The van der Waals surface area contributed by atoms with Crippen molar-refractivity contribution in [1.29, 1.82) is 0 Å². The number of hydrazone groups is 1. The van der Waals surface area contributed by atoms with Gasteiger partial charge in [-0.05, 0) is 23.8 Å². The molecule has 0 aliphatic heterocycles. The fraction of sp³-hybridized carbons (Fsp3) is 0.100. The topological polar surface area (TPSA) is 74.7 Å². The molecule has 0 bridgehead atoms. The van der Waals surface area contributed by atoms with Crippen LogP contribution in [0.4, 0.5) is 5.13 Å². The maximum absolute atomic E-state index is 12.1. The standard InChI is InChI=1S/C20H20N4O2S2/c1-24(2)28(25,26)18-12-10-17(11-13-18)19-15-27-20(22-19)23-21-14-6-9-16-7-4-3-5-8-16/h3-15H,1-2H3,(H,22,23)/b9-6+,21-14-. The number of nitrogens with one attached hydrogen (secondary N) is 1. The number of nitrogens with zero attached hydrogens (tertiary/aromatic N) is 3. The van der Waals surface area contributed by atoms with Crippen LogP contribution < -0.4 is 5.43 Å². The van der Waals surface area contributed by atoms with Gasteiger partial charge in [0.05, 0.1) is 10.6 Å². The summed E-state index contributed by atoms with van der Waals surface area (Å²) < 4.78 is 25.4. The largest absolute Gasteiger partial charge is 0.253 e. The average molecular weight is 413 g/mol. The summed E-state index contributed by atoms with van der Waals surface area (Å²) in [6.45, 7) is 0. The maximum atomic E-state index is 12.1. The lowest BCUT2D eigenvalue weighted by molar-refractivity contribution is 0.521. The van der Waals surface area contributed by atoms with Gasteiger partial charge in [0, 0.05) is 31.3 Å². The fourth-order valence-corrected chi connectivity index (χ4v) is 3.89. The van der Waals surface area contributed by atoms with Crippen molar-refractivity contribution in [2.45, 2.75) is 4.90 Å². The molecule has 0 saturated heterocycles. The van der Waals surface area contributed by atoms with E-state index in [2.05, 4.69) is 15.5 Å². The lowest BCUT2D eigenvalue weighted by atomic mass is 10.2. The summed E-state index contributed by atoms with van der Waals surface area (Å²) in [5.74, 6) is 0. The van der Waals surface area contributed by atoms with Crippen LogP contribution in [0.3, 0.4) is 0 Å². The summed E-state index contributed by atoms with van der Waals surface area (Å²) in [4.78, 5) is 4.73. The molecular formula is C20H20N4O2S2. The second kappa shape index (κ2) is 8.92. The molecule has 0 atom stereocenters. The second-order valence-corrected chi connectivity index (χ2v) is 9.02. The third-order valence-corrected chi connectivity index (χ3v) is 6.42. The number of rotatable bonds is 7. The molecule has 0 saturated carbocycles. The van der Waals surface area contributed by atoms with Crippen LogP contribution in [0, 0.1) is 0 Å². The van der Waals surface area contributed by atoms with Crippen LogP contribution in [-0.4, -0.2) is 38.0 Å². The van der Waals surface area contributed by atoms with Crippen LogP contribution in [0.15, 0.2) is 76.1 Å². The highest BCUT2D eigenvalue weighted by molar-refractivity contribution is 7.89. The summed E-state index contributed by atoms with van der Waals surface area (Å²) >= 11 is 1.43. The number of benzene rings is 2. The highest BCUT2D eigenvalue weighted by Gasteiger charge is 2.17. The molecule has 28 heavy (non-hydrogen) atoms. The Morgan fingerprint density at radius 3 is 2.46 bits per heavy atom. The van der Waals surface area contributed by atoms with E-state index in [-0.39, 0.29) is 4.90 Å². The first-order valence-corrected chi connectivity index (χ1v) is 10.8. The van der Waals surface area contributed by atoms with Crippen molar-refractivity contribution in [2.75, 3.05) is 19.5 Å². The maximum Gasteiger partial charge on any atom is 0.242 e. The van der Waals surface area contributed by atoms with Crippen molar-refractivity contribution in [3.05, 3.63) is 71.6 Å². The van der Waals surface area contributed by atoms with Gasteiger partial charge >= 0.3 is 0 Å². The second-order valence-electron chi connectivity index (χ2n) is 6.01. The Kier molecular flexibility index (Phi) is 6.35. The Bertz CT molecular complexity index is 1070. The number of thiazole rings is 1. The Labute approximate surface area is 168 Å². The van der Waals surface area contributed by atoms with Crippen molar-refractivity contribution >= 4 is 38.8 Å². The van der Waals surface area contributed by atoms with Gasteiger partial charge in [0.25, 0.3) is 0 Å². The molecule has 0 aliphatic rings. The zero-order valence-corrected chi connectivity index (χ0v) is 17.1. The van der Waals surface area contributed by atoms with Gasteiger partial charge in [0.2, 0.25) is 15.2 Å². The number of anilines is 1. The van der Waals surface area contributed by atoms with Crippen LogP contribution in [-0.2, 0) is 10.0 Å². The van der Waals surface area contributed by atoms with E-state index < -0.39 is 10.0 Å². The van der Waals surface area contributed by atoms with E-state index in [1.165, 1.54) is 29.7 Å². The minimum Gasteiger partial charge on any atom is -0.253 e. The first-order valence-electron chi connectivity index (χ1n) is 8.46. The number of sulfonamides is 1. The zero-order valence-electron chi connectivity index (χ0n) is 15.5. The molecule has 0 amide bonds. The van der Waals surface area contributed by atoms with Crippen LogP contribution in [0.25, 0.3) is 17.3 Å². The highest BCUT2D eigenvalue weighted by atomic mass is 32.2. The smallest absolute Gasteiger partial charge is 0.242 e. The molecule has 6 nitrogen and oxygen atoms in total. The SMILES string of the molecule is CN(C)S(=O)(=O)c1ccc(-c2csc(N/N=C\C=C\c3ccccc3)n2)cc1. The van der Waals surface area contributed by atoms with Gasteiger partial charge in [-0.15, -0.1) is 11.3 Å².